The number of hydrogen-bond acceptors (Lipinski definition) is 1. The smallest absolute Gasteiger partial charge is 0.0589 e. The van der Waals surface area contributed by atoms with E-state index in [1.165, 1.54) is 0 Å². The molecule has 2 nitrogen and oxygen atoms in total. The van der Waals surface area contributed by atoms with Crippen LogP contribution in [0.1, 0.15) is 27.2 Å². The second kappa shape index (κ2) is 2.99. The summed E-state index contributed by atoms with van der Waals surface area (Å²) in [5, 5.41) is 8.83. The zero-order valence-electron chi connectivity index (χ0n) is 5.15. The molecule has 0 saturated carbocycles. The lowest BCUT2D eigenvalue weighted by molar-refractivity contribution is 0.0765. The largest absolute Gasteiger partial charge is 0.412 e. The SMILES string of the molecule is CCC(C)(C)O.O. The van der Waals surface area contributed by atoms with E-state index in [9.17, 15) is 0 Å². The van der Waals surface area contributed by atoms with Gasteiger partial charge in [-0.15, -0.1) is 0 Å². The Labute approximate surface area is 44.5 Å². The monoisotopic (exact) mass is 106 g/mol. The van der Waals surface area contributed by atoms with Crippen LogP contribution in [0.5, 0.6) is 0 Å². The van der Waals surface area contributed by atoms with Gasteiger partial charge in [0.2, 0.25) is 0 Å². The molecule has 0 spiro atoms. The molecule has 0 rings (SSSR count). The van der Waals surface area contributed by atoms with Crippen LogP contribution in [0.4, 0.5) is 0 Å². The van der Waals surface area contributed by atoms with Crippen LogP contribution in [-0.4, -0.2) is 16.2 Å². The Morgan fingerprint density at radius 3 is 1.57 bits per heavy atom. The van der Waals surface area contributed by atoms with E-state index in [2.05, 4.69) is 0 Å². The Morgan fingerprint density at radius 1 is 1.43 bits per heavy atom. The first kappa shape index (κ1) is 10.0. The van der Waals surface area contributed by atoms with E-state index in [0.29, 0.717) is 0 Å². The molecule has 0 aromatic rings. The zero-order chi connectivity index (χ0) is 5.21. The van der Waals surface area contributed by atoms with Crippen molar-refractivity contribution in [2.45, 2.75) is 32.8 Å². The molecule has 0 atom stereocenters. The standard InChI is InChI=1S/C5H12O.H2O/c1-4-5(2,3)6;/h6H,4H2,1-3H3;1H2. The van der Waals surface area contributed by atoms with Crippen LogP contribution in [0.25, 0.3) is 0 Å². The topological polar surface area (TPSA) is 51.7 Å². The van der Waals surface area contributed by atoms with Gasteiger partial charge in [0.1, 0.15) is 0 Å². The normalized spacial score (nSPS) is 10.3. The summed E-state index contributed by atoms with van der Waals surface area (Å²) in [4.78, 5) is 0. The lowest BCUT2D eigenvalue weighted by Gasteiger charge is -2.11. The first-order valence-corrected chi connectivity index (χ1v) is 2.28. The molecular formula is C5H14O2. The summed E-state index contributed by atoms with van der Waals surface area (Å²) in [7, 11) is 0. The molecule has 46 valence electrons. The van der Waals surface area contributed by atoms with E-state index in [-0.39, 0.29) is 5.48 Å². The van der Waals surface area contributed by atoms with E-state index in [1.54, 1.807) is 13.8 Å². The molecule has 0 heterocycles. The summed E-state index contributed by atoms with van der Waals surface area (Å²) < 4.78 is 0. The quantitative estimate of drug-likeness (QED) is 0.515. The van der Waals surface area contributed by atoms with Crippen molar-refractivity contribution in [3.63, 3.8) is 0 Å². The highest BCUT2D eigenvalue weighted by Crippen LogP contribution is 2.03. The molecule has 0 aromatic heterocycles. The summed E-state index contributed by atoms with van der Waals surface area (Å²) in [6, 6.07) is 0. The van der Waals surface area contributed by atoms with Crippen LogP contribution in [-0.2, 0) is 0 Å². The van der Waals surface area contributed by atoms with Gasteiger partial charge in [-0.25, -0.2) is 0 Å². The predicted molar refractivity (Wildman–Crippen MR) is 30.2 cm³/mol. The maximum absolute atomic E-state index is 8.83. The Kier molecular flexibility index (Phi) is 4.28. The molecule has 2 heteroatoms. The van der Waals surface area contributed by atoms with Crippen molar-refractivity contribution in [2.75, 3.05) is 0 Å². The molecule has 0 unspecified atom stereocenters. The molecule has 0 fully saturated rings. The maximum Gasteiger partial charge on any atom is 0.0589 e. The van der Waals surface area contributed by atoms with E-state index >= 15 is 0 Å². The Morgan fingerprint density at radius 2 is 1.57 bits per heavy atom. The summed E-state index contributed by atoms with van der Waals surface area (Å²) in [6.45, 7) is 5.56. The Bertz CT molecular complexity index is 35.8. The van der Waals surface area contributed by atoms with Crippen molar-refractivity contribution < 1.29 is 10.6 Å². The van der Waals surface area contributed by atoms with E-state index < -0.39 is 5.60 Å². The fourth-order valence-corrected chi connectivity index (χ4v) is 0. The molecule has 7 heavy (non-hydrogen) atoms. The van der Waals surface area contributed by atoms with Crippen LogP contribution >= 0.6 is 0 Å². The summed E-state index contributed by atoms with van der Waals surface area (Å²) >= 11 is 0. The molecule has 0 aliphatic carbocycles. The second-order valence-corrected chi connectivity index (χ2v) is 2.17. The minimum atomic E-state index is -0.458. The molecule has 0 amide bonds. The number of rotatable bonds is 1. The molecule has 0 saturated heterocycles. The van der Waals surface area contributed by atoms with Crippen molar-refractivity contribution in [3.8, 4) is 0 Å². The first-order chi connectivity index (χ1) is 2.56. The molecule has 0 aliphatic rings. The van der Waals surface area contributed by atoms with Gasteiger partial charge in [-0.05, 0) is 20.3 Å². The summed E-state index contributed by atoms with van der Waals surface area (Å²) in [5.74, 6) is 0. The molecular weight excluding hydrogens is 92.1 g/mol. The molecule has 3 N–H and O–H groups in total. The van der Waals surface area contributed by atoms with Crippen LogP contribution < -0.4 is 0 Å². The van der Waals surface area contributed by atoms with Crippen LogP contribution in [0.15, 0.2) is 0 Å². The second-order valence-electron chi connectivity index (χ2n) is 2.17. The molecule has 0 aliphatic heterocycles. The first-order valence-electron chi connectivity index (χ1n) is 2.28. The van der Waals surface area contributed by atoms with Gasteiger partial charge in [0.15, 0.2) is 0 Å². The summed E-state index contributed by atoms with van der Waals surface area (Å²) in [5.41, 5.74) is -0.458. The lowest BCUT2D eigenvalue weighted by Crippen LogP contribution is -2.15. The fourth-order valence-electron chi connectivity index (χ4n) is 0. The van der Waals surface area contributed by atoms with Gasteiger partial charge >= 0.3 is 0 Å². The fraction of sp³-hybridized carbons (Fsp3) is 1.00. The highest BCUT2D eigenvalue weighted by Gasteiger charge is 2.05. The zero-order valence-corrected chi connectivity index (χ0v) is 5.15. The van der Waals surface area contributed by atoms with Crippen molar-refractivity contribution >= 4 is 0 Å². The van der Waals surface area contributed by atoms with E-state index in [0.717, 1.165) is 6.42 Å². The third-order valence-corrected chi connectivity index (χ3v) is 0.865. The van der Waals surface area contributed by atoms with Gasteiger partial charge in [0, 0.05) is 0 Å². The van der Waals surface area contributed by atoms with Gasteiger partial charge in [0.05, 0.1) is 5.60 Å². The Balaban J connectivity index is 0. The highest BCUT2D eigenvalue weighted by molar-refractivity contribution is 4.59. The van der Waals surface area contributed by atoms with Crippen molar-refractivity contribution in [1.82, 2.24) is 0 Å². The third kappa shape index (κ3) is 10.7. The average molecular weight is 106 g/mol. The van der Waals surface area contributed by atoms with Crippen LogP contribution in [0.2, 0.25) is 0 Å². The van der Waals surface area contributed by atoms with Crippen molar-refractivity contribution in [1.29, 1.82) is 0 Å². The number of hydrogen-bond donors (Lipinski definition) is 1. The van der Waals surface area contributed by atoms with Gasteiger partial charge in [0.25, 0.3) is 0 Å². The van der Waals surface area contributed by atoms with Gasteiger partial charge in [-0.3, -0.25) is 0 Å². The molecule has 0 bridgehead atoms. The van der Waals surface area contributed by atoms with Gasteiger partial charge < -0.3 is 10.6 Å². The maximum atomic E-state index is 8.83. The number of aliphatic hydroxyl groups is 1. The molecule has 0 radical (unpaired) electrons. The Hall–Kier alpha value is -0.0800. The average Bonchev–Trinajstić information content (AvgIpc) is 1.35. The third-order valence-electron chi connectivity index (χ3n) is 0.865. The van der Waals surface area contributed by atoms with Crippen LogP contribution in [0.3, 0.4) is 0 Å². The van der Waals surface area contributed by atoms with Crippen molar-refractivity contribution in [3.05, 3.63) is 0 Å². The van der Waals surface area contributed by atoms with Crippen molar-refractivity contribution in [2.24, 2.45) is 0 Å². The minimum Gasteiger partial charge on any atom is -0.412 e. The molecule has 0 aromatic carbocycles. The lowest BCUT2D eigenvalue weighted by atomic mass is 10.1. The minimum absolute atomic E-state index is 0. The van der Waals surface area contributed by atoms with Gasteiger partial charge in [-0.2, -0.15) is 0 Å². The summed E-state index contributed by atoms with van der Waals surface area (Å²) in [6.07, 6.45) is 0.826. The van der Waals surface area contributed by atoms with E-state index in [1.807, 2.05) is 6.92 Å². The highest BCUT2D eigenvalue weighted by atomic mass is 16.3. The predicted octanol–water partition coefficient (Wildman–Crippen LogP) is 0.343. The van der Waals surface area contributed by atoms with Crippen LogP contribution in [0, 0.1) is 0 Å². The van der Waals surface area contributed by atoms with E-state index in [4.69, 9.17) is 5.11 Å². The van der Waals surface area contributed by atoms with Gasteiger partial charge in [-0.1, -0.05) is 6.92 Å².